The van der Waals surface area contributed by atoms with Gasteiger partial charge in [-0.1, -0.05) is 60.7 Å². The molecule has 6 aliphatic rings. The van der Waals surface area contributed by atoms with Crippen LogP contribution in [0.5, 0.6) is 12.0 Å². The Morgan fingerprint density at radius 1 is 0.536 bits per heavy atom. The van der Waals surface area contributed by atoms with Crippen molar-refractivity contribution >= 4 is 29.3 Å². The van der Waals surface area contributed by atoms with Gasteiger partial charge < -0.3 is 29.1 Å². The molecule has 0 saturated carbocycles. The van der Waals surface area contributed by atoms with Gasteiger partial charge in [-0.2, -0.15) is 20.2 Å². The molecule has 0 radical (unpaired) electrons. The summed E-state index contributed by atoms with van der Waals surface area (Å²) in [4.78, 5) is 42.0. The summed E-state index contributed by atoms with van der Waals surface area (Å²) in [5.74, 6) is 5.63. The summed E-state index contributed by atoms with van der Waals surface area (Å²) >= 11 is 0. The molecule has 288 valence electrons. The molecule has 8 heterocycles. The van der Waals surface area contributed by atoms with Gasteiger partial charge in [0.15, 0.2) is 0 Å². The highest BCUT2D eigenvalue weighted by Crippen LogP contribution is 2.42. The van der Waals surface area contributed by atoms with Gasteiger partial charge in [0, 0.05) is 101 Å². The number of likely N-dealkylation sites (tertiary alicyclic amines) is 2. The molecule has 2 aromatic heterocycles. The van der Waals surface area contributed by atoms with E-state index in [4.69, 9.17) is 19.7 Å². The summed E-state index contributed by atoms with van der Waals surface area (Å²) in [6.07, 6.45) is 4.83. The lowest BCUT2D eigenvalue weighted by molar-refractivity contribution is 0.131. The Hall–Kier alpha value is -5.99. The zero-order chi connectivity index (χ0) is 37.8. The van der Waals surface area contributed by atoms with Crippen LogP contribution < -0.4 is 19.3 Å². The number of hydrogen-bond donors (Lipinski definition) is 0. The molecule has 6 unspecified atom stereocenters. The summed E-state index contributed by atoms with van der Waals surface area (Å²) in [5.41, 5.74) is 2.14. The van der Waals surface area contributed by atoms with E-state index in [2.05, 4.69) is 63.8 Å². The highest BCUT2D eigenvalue weighted by molar-refractivity contribution is 5.91. The predicted molar refractivity (Wildman–Crippen MR) is 210 cm³/mol. The molecular formula is C41H46N12O3. The van der Waals surface area contributed by atoms with E-state index >= 15 is 0 Å². The molecule has 4 saturated heterocycles. The number of nitrogens with zero attached hydrogens (tertiary/aromatic N) is 12. The van der Waals surface area contributed by atoms with E-state index in [0.29, 0.717) is 48.5 Å². The first-order chi connectivity index (χ1) is 27.5. The second-order valence-corrected chi connectivity index (χ2v) is 15.7. The number of amides is 2. The molecule has 4 aromatic rings. The van der Waals surface area contributed by atoms with Crippen LogP contribution in [0.1, 0.15) is 36.1 Å². The average Bonchev–Trinajstić information content (AvgIpc) is 4.10. The number of ether oxygens (including phenoxy) is 2. The molecule has 2 amide bonds. The molecule has 15 heteroatoms. The fourth-order valence-corrected chi connectivity index (χ4v) is 9.69. The van der Waals surface area contributed by atoms with Crippen LogP contribution in [0.25, 0.3) is 0 Å². The molecule has 6 atom stereocenters. The van der Waals surface area contributed by atoms with E-state index in [1.807, 2.05) is 48.5 Å². The summed E-state index contributed by atoms with van der Waals surface area (Å²) in [5, 5.41) is 13.8. The van der Waals surface area contributed by atoms with E-state index in [1.165, 1.54) is 0 Å². The van der Waals surface area contributed by atoms with Gasteiger partial charge in [-0.05, 0) is 23.3 Å². The Morgan fingerprint density at radius 3 is 1.29 bits per heavy atom. The van der Waals surface area contributed by atoms with Gasteiger partial charge in [-0.25, -0.2) is 24.8 Å². The lowest BCUT2D eigenvalue weighted by Gasteiger charge is -2.28. The second-order valence-electron chi connectivity index (χ2n) is 15.7. The van der Waals surface area contributed by atoms with E-state index in [0.717, 1.165) is 86.8 Å². The predicted octanol–water partition coefficient (Wildman–Crippen LogP) is 4.36. The minimum atomic E-state index is -0.225. The van der Waals surface area contributed by atoms with Crippen molar-refractivity contribution < 1.29 is 14.3 Å². The maximum absolute atomic E-state index is 15.0. The Balaban J connectivity index is 0.883. The van der Waals surface area contributed by atoms with E-state index in [9.17, 15) is 4.79 Å². The van der Waals surface area contributed by atoms with Crippen LogP contribution in [0, 0.1) is 23.7 Å². The number of methoxy groups -OCH3 is 2. The van der Waals surface area contributed by atoms with Gasteiger partial charge in [0.1, 0.15) is 23.3 Å². The summed E-state index contributed by atoms with van der Waals surface area (Å²) in [6.45, 7) is 7.22. The molecule has 15 nitrogen and oxygen atoms in total. The van der Waals surface area contributed by atoms with Crippen LogP contribution >= 0.6 is 0 Å². The Kier molecular flexibility index (Phi) is 8.78. The standard InChI is InChI=1S/C41H46N12O3/c1-55-39-42-15-13-35(44-39)48-19-29-23-50(24-30(29)20-48)37-17-33(27-9-5-3-6-10-27)52(46-37)41(54)53-34(28-11-7-4-8-12-28)18-38(47-53)51-25-31-21-49(22-32(31)26-51)36-14-16-43-40(45-36)56-2/h3-16,29-34H,17-26H2,1-2H3. The minimum Gasteiger partial charge on any atom is -0.467 e. The van der Waals surface area contributed by atoms with Crippen LogP contribution in [-0.4, -0.2) is 124 Å². The molecule has 56 heavy (non-hydrogen) atoms. The van der Waals surface area contributed by atoms with Crippen LogP contribution in [-0.2, 0) is 0 Å². The minimum absolute atomic E-state index is 0.191. The van der Waals surface area contributed by atoms with E-state index < -0.39 is 0 Å². The maximum atomic E-state index is 15.0. The number of fused-ring (bicyclic) bond motifs is 2. The fraction of sp³-hybridized carbons (Fsp3) is 0.439. The van der Waals surface area contributed by atoms with Gasteiger partial charge >= 0.3 is 18.1 Å². The Bertz CT molecular complexity index is 1960. The number of amidine groups is 2. The second kappa shape index (κ2) is 14.3. The number of anilines is 2. The van der Waals surface area contributed by atoms with Gasteiger partial charge in [0.25, 0.3) is 0 Å². The molecule has 2 aromatic carbocycles. The maximum Gasteiger partial charge on any atom is 0.362 e. The van der Waals surface area contributed by atoms with Crippen molar-refractivity contribution in [2.24, 2.45) is 33.9 Å². The van der Waals surface area contributed by atoms with Crippen molar-refractivity contribution in [1.82, 2.24) is 39.8 Å². The fourth-order valence-electron chi connectivity index (χ4n) is 9.69. The lowest BCUT2D eigenvalue weighted by Crippen LogP contribution is -2.38. The normalized spacial score (nSPS) is 26.8. The number of carbonyl (C=O) groups is 1. The third kappa shape index (κ3) is 6.28. The zero-order valence-electron chi connectivity index (χ0n) is 31.7. The number of hydrogen-bond acceptors (Lipinski definition) is 13. The molecule has 10 rings (SSSR count). The third-order valence-electron chi connectivity index (χ3n) is 12.5. The van der Waals surface area contributed by atoms with E-state index in [-0.39, 0.29) is 18.1 Å². The van der Waals surface area contributed by atoms with Crippen molar-refractivity contribution in [2.75, 3.05) is 76.4 Å². The molecular weight excluding hydrogens is 709 g/mol. The van der Waals surface area contributed by atoms with Crippen LogP contribution in [0.4, 0.5) is 16.4 Å². The first-order valence-corrected chi connectivity index (χ1v) is 19.6. The number of benzene rings is 2. The first kappa shape index (κ1) is 34.5. The van der Waals surface area contributed by atoms with Gasteiger partial charge in [0.2, 0.25) is 0 Å². The number of aromatic nitrogens is 4. The third-order valence-corrected chi connectivity index (χ3v) is 12.5. The van der Waals surface area contributed by atoms with Crippen LogP contribution in [0.2, 0.25) is 0 Å². The van der Waals surface area contributed by atoms with E-state index in [1.54, 1.807) is 36.6 Å². The highest BCUT2D eigenvalue weighted by atomic mass is 16.5. The van der Waals surface area contributed by atoms with Crippen molar-refractivity contribution in [3.8, 4) is 12.0 Å². The number of urea groups is 1. The molecule has 0 N–H and O–H groups in total. The molecule has 0 spiro atoms. The van der Waals surface area contributed by atoms with Crippen molar-refractivity contribution in [3.05, 3.63) is 96.3 Å². The van der Waals surface area contributed by atoms with Crippen molar-refractivity contribution in [3.63, 3.8) is 0 Å². The smallest absolute Gasteiger partial charge is 0.362 e. The summed E-state index contributed by atoms with van der Waals surface area (Å²) < 4.78 is 10.6. The van der Waals surface area contributed by atoms with Crippen molar-refractivity contribution in [2.45, 2.75) is 24.9 Å². The molecule has 0 aliphatic carbocycles. The SMILES string of the molecule is COc1nccc(N2CC3CN(C4=NN(C(=O)N5N=C(N6CC7CN(c8ccnc(OC)n8)CC7C6)CC5c5ccccc5)C(c5ccccc5)C4)CC3C2)n1. The first-order valence-electron chi connectivity index (χ1n) is 19.6. The zero-order valence-corrected chi connectivity index (χ0v) is 31.7. The molecule has 6 aliphatic heterocycles. The van der Waals surface area contributed by atoms with Crippen molar-refractivity contribution in [1.29, 1.82) is 0 Å². The number of rotatable bonds is 6. The largest absolute Gasteiger partial charge is 0.467 e. The van der Waals surface area contributed by atoms with Gasteiger partial charge in [0.05, 0.1) is 26.3 Å². The number of carbonyl (C=O) groups excluding carboxylic acids is 1. The average molecular weight is 755 g/mol. The quantitative estimate of drug-likeness (QED) is 0.278. The lowest BCUT2D eigenvalue weighted by atomic mass is 10.0. The molecule has 4 fully saturated rings. The topological polar surface area (TPSA) is 131 Å². The summed E-state index contributed by atoms with van der Waals surface area (Å²) in [7, 11) is 3.19. The Labute approximate surface area is 326 Å². The van der Waals surface area contributed by atoms with Crippen LogP contribution in [0.15, 0.2) is 95.4 Å². The summed E-state index contributed by atoms with van der Waals surface area (Å²) in [6, 6.07) is 24.7. The highest BCUT2D eigenvalue weighted by Gasteiger charge is 2.48. The van der Waals surface area contributed by atoms with Gasteiger partial charge in [-0.15, -0.1) is 0 Å². The monoisotopic (exact) mass is 754 g/mol. The molecule has 0 bridgehead atoms. The Morgan fingerprint density at radius 2 is 0.911 bits per heavy atom. The number of hydrazone groups is 2. The van der Waals surface area contributed by atoms with Gasteiger partial charge in [-0.3, -0.25) is 0 Å². The van der Waals surface area contributed by atoms with Crippen LogP contribution in [0.3, 0.4) is 0 Å².